The molecule has 0 bridgehead atoms. The molecule has 2 aromatic rings. The minimum Gasteiger partial charge on any atom is -0.497 e. The molecular formula is C21H26N4O. The highest BCUT2D eigenvalue weighted by Crippen LogP contribution is 2.22. The minimum atomic E-state index is 0.709. The van der Waals surface area contributed by atoms with Gasteiger partial charge in [0, 0.05) is 63.8 Å². The maximum Gasteiger partial charge on any atom is 0.120 e. The number of methoxy groups -OCH3 is 1. The summed E-state index contributed by atoms with van der Waals surface area (Å²) in [4.78, 5) is 7.13. The Hall–Kier alpha value is -2.71. The molecule has 1 heterocycles. The molecule has 1 fully saturated rings. The molecule has 1 aliphatic rings. The third kappa shape index (κ3) is 4.47. The van der Waals surface area contributed by atoms with Gasteiger partial charge in [0.15, 0.2) is 0 Å². The molecule has 0 amide bonds. The summed E-state index contributed by atoms with van der Waals surface area (Å²) in [5.41, 5.74) is 3.04. The second-order valence-electron chi connectivity index (χ2n) is 6.61. The number of ether oxygens (including phenoxy) is 1. The zero-order chi connectivity index (χ0) is 18.4. The molecule has 1 aliphatic heterocycles. The Labute approximate surface area is 156 Å². The lowest BCUT2D eigenvalue weighted by Crippen LogP contribution is -2.48. The van der Waals surface area contributed by atoms with Gasteiger partial charge in [-0.05, 0) is 30.3 Å². The number of anilines is 2. The van der Waals surface area contributed by atoms with Gasteiger partial charge in [0.2, 0.25) is 0 Å². The lowest BCUT2D eigenvalue weighted by molar-refractivity contribution is 0.263. The quantitative estimate of drug-likeness (QED) is 0.801. The van der Waals surface area contributed by atoms with E-state index in [1.807, 2.05) is 30.3 Å². The van der Waals surface area contributed by atoms with Crippen LogP contribution in [0.15, 0.2) is 48.5 Å². The van der Waals surface area contributed by atoms with Crippen molar-refractivity contribution in [2.75, 3.05) is 63.2 Å². The number of nitriles is 1. The highest BCUT2D eigenvalue weighted by atomic mass is 16.5. The third-order valence-electron chi connectivity index (χ3n) is 4.96. The van der Waals surface area contributed by atoms with Crippen molar-refractivity contribution in [1.82, 2.24) is 4.90 Å². The summed E-state index contributed by atoms with van der Waals surface area (Å²) in [5.74, 6) is 0.908. The van der Waals surface area contributed by atoms with Crippen LogP contribution in [0.4, 0.5) is 11.4 Å². The average molecular weight is 350 g/mol. The topological polar surface area (TPSA) is 42.7 Å². The fraction of sp³-hybridized carbons (Fsp3) is 0.381. The number of hydrogen-bond donors (Lipinski definition) is 0. The van der Waals surface area contributed by atoms with Gasteiger partial charge in [-0.25, -0.2) is 0 Å². The first-order valence-electron chi connectivity index (χ1n) is 9.02. The Balaban J connectivity index is 1.48. The number of piperazine rings is 1. The smallest absolute Gasteiger partial charge is 0.120 e. The fourth-order valence-corrected chi connectivity index (χ4v) is 3.27. The predicted molar refractivity (Wildman–Crippen MR) is 106 cm³/mol. The standard InChI is InChI=1S/C21H26N4O/c1-23(19-6-3-5-18(15-19)17-22)9-10-24-11-13-25(14-12-24)20-7-4-8-21(16-20)26-2/h3-8,15-16H,9-14H2,1-2H3. The van der Waals surface area contributed by atoms with Crippen LogP contribution in [0.1, 0.15) is 5.56 Å². The molecule has 0 N–H and O–H groups in total. The molecule has 0 spiro atoms. The van der Waals surface area contributed by atoms with Crippen molar-refractivity contribution in [3.05, 3.63) is 54.1 Å². The van der Waals surface area contributed by atoms with Crippen LogP contribution in [-0.4, -0.2) is 58.3 Å². The predicted octanol–water partition coefficient (Wildman–Crippen LogP) is 2.83. The van der Waals surface area contributed by atoms with Crippen molar-refractivity contribution < 1.29 is 4.74 Å². The van der Waals surface area contributed by atoms with Crippen molar-refractivity contribution >= 4 is 11.4 Å². The summed E-state index contributed by atoms with van der Waals surface area (Å²) in [5, 5.41) is 9.04. The van der Waals surface area contributed by atoms with E-state index < -0.39 is 0 Å². The van der Waals surface area contributed by atoms with Crippen LogP contribution in [0.5, 0.6) is 5.75 Å². The van der Waals surface area contributed by atoms with E-state index in [-0.39, 0.29) is 0 Å². The monoisotopic (exact) mass is 350 g/mol. The second-order valence-corrected chi connectivity index (χ2v) is 6.61. The first kappa shape index (κ1) is 18.1. The van der Waals surface area contributed by atoms with Gasteiger partial charge in [-0.2, -0.15) is 5.26 Å². The number of hydrogen-bond acceptors (Lipinski definition) is 5. The van der Waals surface area contributed by atoms with Crippen molar-refractivity contribution in [3.8, 4) is 11.8 Å². The summed E-state index contributed by atoms with van der Waals surface area (Å²) in [6, 6.07) is 18.3. The highest BCUT2D eigenvalue weighted by molar-refractivity contribution is 5.52. The van der Waals surface area contributed by atoms with E-state index in [1.165, 1.54) is 5.69 Å². The maximum atomic E-state index is 9.04. The molecule has 2 aromatic carbocycles. The second kappa shape index (κ2) is 8.59. The lowest BCUT2D eigenvalue weighted by atomic mass is 10.2. The van der Waals surface area contributed by atoms with Crippen molar-refractivity contribution in [2.45, 2.75) is 0 Å². The van der Waals surface area contributed by atoms with Gasteiger partial charge >= 0.3 is 0 Å². The Morgan fingerprint density at radius 2 is 1.85 bits per heavy atom. The van der Waals surface area contributed by atoms with E-state index >= 15 is 0 Å². The molecule has 26 heavy (non-hydrogen) atoms. The maximum absolute atomic E-state index is 9.04. The van der Waals surface area contributed by atoms with Gasteiger partial charge < -0.3 is 14.5 Å². The highest BCUT2D eigenvalue weighted by Gasteiger charge is 2.17. The van der Waals surface area contributed by atoms with Crippen molar-refractivity contribution in [3.63, 3.8) is 0 Å². The van der Waals surface area contributed by atoms with E-state index in [0.717, 1.165) is 50.7 Å². The van der Waals surface area contributed by atoms with Crippen molar-refractivity contribution in [2.24, 2.45) is 0 Å². The third-order valence-corrected chi connectivity index (χ3v) is 4.96. The molecule has 0 radical (unpaired) electrons. The summed E-state index contributed by atoms with van der Waals surface area (Å²) < 4.78 is 5.33. The van der Waals surface area contributed by atoms with Crippen molar-refractivity contribution in [1.29, 1.82) is 5.26 Å². The number of benzene rings is 2. The Kier molecular flexibility index (Phi) is 5.98. The molecule has 0 atom stereocenters. The molecule has 0 aliphatic carbocycles. The molecule has 5 nitrogen and oxygen atoms in total. The van der Waals surface area contributed by atoms with Crippen LogP contribution in [-0.2, 0) is 0 Å². The molecule has 3 rings (SSSR count). The van der Waals surface area contributed by atoms with Crippen LogP contribution < -0.4 is 14.5 Å². The van der Waals surface area contributed by atoms with Gasteiger partial charge in [-0.1, -0.05) is 12.1 Å². The summed E-state index contributed by atoms with van der Waals surface area (Å²) in [6.07, 6.45) is 0. The van der Waals surface area contributed by atoms with Crippen LogP contribution in [0.3, 0.4) is 0 Å². The Bertz CT molecular complexity index is 763. The zero-order valence-electron chi connectivity index (χ0n) is 15.6. The largest absolute Gasteiger partial charge is 0.497 e. The molecular weight excluding hydrogens is 324 g/mol. The van der Waals surface area contributed by atoms with E-state index in [1.54, 1.807) is 7.11 Å². The lowest BCUT2D eigenvalue weighted by Gasteiger charge is -2.37. The van der Waals surface area contributed by atoms with E-state index in [0.29, 0.717) is 5.56 Å². The van der Waals surface area contributed by atoms with E-state index in [9.17, 15) is 0 Å². The van der Waals surface area contributed by atoms with Gasteiger partial charge in [0.25, 0.3) is 0 Å². The Morgan fingerprint density at radius 3 is 2.58 bits per heavy atom. The average Bonchev–Trinajstić information content (AvgIpc) is 2.72. The molecule has 136 valence electrons. The van der Waals surface area contributed by atoms with E-state index in [2.05, 4.69) is 46.0 Å². The minimum absolute atomic E-state index is 0.709. The first-order chi connectivity index (χ1) is 12.7. The van der Waals surface area contributed by atoms with Gasteiger partial charge in [0.1, 0.15) is 5.75 Å². The van der Waals surface area contributed by atoms with Crippen LogP contribution in [0.2, 0.25) is 0 Å². The molecule has 0 aromatic heterocycles. The molecule has 0 saturated carbocycles. The van der Waals surface area contributed by atoms with Gasteiger partial charge in [-0.15, -0.1) is 0 Å². The fourth-order valence-electron chi connectivity index (χ4n) is 3.27. The van der Waals surface area contributed by atoms with Crippen LogP contribution in [0.25, 0.3) is 0 Å². The normalized spacial score (nSPS) is 14.7. The summed E-state index contributed by atoms with van der Waals surface area (Å²) in [7, 11) is 3.79. The number of rotatable bonds is 6. The number of likely N-dealkylation sites (N-methyl/N-ethyl adjacent to an activating group) is 1. The molecule has 1 saturated heterocycles. The molecule has 0 unspecified atom stereocenters. The first-order valence-corrected chi connectivity index (χ1v) is 9.02. The van der Waals surface area contributed by atoms with Crippen LogP contribution >= 0.6 is 0 Å². The van der Waals surface area contributed by atoms with Gasteiger partial charge in [-0.3, -0.25) is 4.90 Å². The molecule has 5 heteroatoms. The Morgan fingerprint density at radius 1 is 1.08 bits per heavy atom. The SMILES string of the molecule is COc1cccc(N2CCN(CCN(C)c3cccc(C#N)c3)CC2)c1. The summed E-state index contributed by atoms with van der Waals surface area (Å²) in [6.45, 7) is 6.15. The van der Waals surface area contributed by atoms with Crippen LogP contribution in [0, 0.1) is 11.3 Å². The zero-order valence-corrected chi connectivity index (χ0v) is 15.6. The summed E-state index contributed by atoms with van der Waals surface area (Å²) >= 11 is 0. The van der Waals surface area contributed by atoms with E-state index in [4.69, 9.17) is 10.00 Å². The number of nitrogens with zero attached hydrogens (tertiary/aromatic N) is 4. The van der Waals surface area contributed by atoms with Gasteiger partial charge in [0.05, 0.1) is 18.7 Å².